The van der Waals surface area contributed by atoms with Crippen LogP contribution in [0.4, 0.5) is 5.82 Å². The summed E-state index contributed by atoms with van der Waals surface area (Å²) in [4.78, 5) is 7.96. The summed E-state index contributed by atoms with van der Waals surface area (Å²) in [6, 6.07) is 0.514. The number of aliphatic hydroxyl groups excluding tert-OH is 1. The van der Waals surface area contributed by atoms with Gasteiger partial charge in [0.15, 0.2) is 10.8 Å². The highest BCUT2D eigenvalue weighted by Gasteiger charge is 2.30. The zero-order chi connectivity index (χ0) is 12.0. The first-order chi connectivity index (χ1) is 8.20. The molecule has 2 atom stereocenters. The van der Waals surface area contributed by atoms with Crippen molar-refractivity contribution in [3.63, 3.8) is 0 Å². The Morgan fingerprint density at radius 1 is 1.53 bits per heavy atom. The predicted octanol–water partition coefficient (Wildman–Crippen LogP) is 2.12. The van der Waals surface area contributed by atoms with Crippen molar-refractivity contribution in [3.8, 4) is 0 Å². The second kappa shape index (κ2) is 3.99. The molecule has 0 aromatic carbocycles. The number of thiazole rings is 1. The third-order valence-corrected chi connectivity index (χ3v) is 4.30. The fraction of sp³-hybridized carbons (Fsp3) is 0.583. The molecule has 1 aliphatic rings. The van der Waals surface area contributed by atoms with Crippen LogP contribution in [0.5, 0.6) is 0 Å². The van der Waals surface area contributed by atoms with Crippen LogP contribution < -0.4 is 4.90 Å². The smallest absolute Gasteiger partial charge is 0.195 e. The van der Waals surface area contributed by atoms with E-state index in [2.05, 4.69) is 23.7 Å². The molecule has 0 aliphatic carbocycles. The third-order valence-electron chi connectivity index (χ3n) is 3.55. The van der Waals surface area contributed by atoms with Crippen LogP contribution in [0.1, 0.15) is 26.0 Å². The van der Waals surface area contributed by atoms with Crippen LogP contribution >= 0.6 is 11.3 Å². The summed E-state index contributed by atoms with van der Waals surface area (Å²) >= 11 is 1.61. The summed E-state index contributed by atoms with van der Waals surface area (Å²) in [5.41, 5.74) is 0.919. The van der Waals surface area contributed by atoms with Gasteiger partial charge in [-0.2, -0.15) is 0 Å². The highest BCUT2D eigenvalue weighted by Crippen LogP contribution is 2.32. The van der Waals surface area contributed by atoms with Crippen LogP contribution in [0.2, 0.25) is 0 Å². The molecule has 4 nitrogen and oxygen atoms in total. The molecule has 5 heteroatoms. The van der Waals surface area contributed by atoms with Crippen LogP contribution in [0.3, 0.4) is 0 Å². The molecule has 1 aliphatic heterocycles. The van der Waals surface area contributed by atoms with Crippen LogP contribution in [0.15, 0.2) is 11.6 Å². The molecule has 2 unspecified atom stereocenters. The Morgan fingerprint density at radius 2 is 2.35 bits per heavy atom. The van der Waals surface area contributed by atoms with E-state index in [1.54, 1.807) is 11.3 Å². The first-order valence-electron chi connectivity index (χ1n) is 6.02. The molecule has 1 fully saturated rings. The molecule has 17 heavy (non-hydrogen) atoms. The number of hydrogen-bond acceptors (Lipinski definition) is 4. The highest BCUT2D eigenvalue weighted by molar-refractivity contribution is 7.15. The first kappa shape index (κ1) is 11.0. The van der Waals surface area contributed by atoms with Gasteiger partial charge in [0.05, 0.1) is 12.3 Å². The van der Waals surface area contributed by atoms with E-state index in [-0.39, 0.29) is 6.61 Å². The SMILES string of the molecule is CC1CC(C)N(c2nc3sccn3c2CO)C1. The van der Waals surface area contributed by atoms with E-state index in [0.717, 1.165) is 23.0 Å². The van der Waals surface area contributed by atoms with Gasteiger partial charge in [-0.15, -0.1) is 11.3 Å². The van der Waals surface area contributed by atoms with Crippen molar-refractivity contribution in [2.24, 2.45) is 5.92 Å². The van der Waals surface area contributed by atoms with Gasteiger partial charge in [-0.3, -0.25) is 4.40 Å². The largest absolute Gasteiger partial charge is 0.390 e. The molecule has 92 valence electrons. The van der Waals surface area contributed by atoms with Crippen molar-refractivity contribution in [2.45, 2.75) is 32.9 Å². The van der Waals surface area contributed by atoms with Gasteiger partial charge in [-0.25, -0.2) is 4.98 Å². The molecule has 0 amide bonds. The maximum atomic E-state index is 9.55. The first-order valence-corrected chi connectivity index (χ1v) is 6.90. The van der Waals surface area contributed by atoms with Crippen molar-refractivity contribution in [1.29, 1.82) is 0 Å². The summed E-state index contributed by atoms with van der Waals surface area (Å²) < 4.78 is 2.00. The number of hydrogen-bond donors (Lipinski definition) is 1. The fourth-order valence-corrected chi connectivity index (χ4v) is 3.52. The molecule has 3 rings (SSSR count). The fourth-order valence-electron chi connectivity index (χ4n) is 2.79. The number of nitrogens with zero attached hydrogens (tertiary/aromatic N) is 3. The Balaban J connectivity index is 2.07. The van der Waals surface area contributed by atoms with E-state index in [9.17, 15) is 5.11 Å². The van der Waals surface area contributed by atoms with E-state index in [0.29, 0.717) is 12.0 Å². The molecule has 0 radical (unpaired) electrons. The van der Waals surface area contributed by atoms with E-state index in [4.69, 9.17) is 0 Å². The summed E-state index contributed by atoms with van der Waals surface area (Å²) in [6.45, 7) is 5.59. The molecule has 1 saturated heterocycles. The lowest BCUT2D eigenvalue weighted by Crippen LogP contribution is -2.28. The molecule has 2 aromatic rings. The Morgan fingerprint density at radius 3 is 3.00 bits per heavy atom. The van der Waals surface area contributed by atoms with Crippen molar-refractivity contribution in [1.82, 2.24) is 9.38 Å². The summed E-state index contributed by atoms with van der Waals surface area (Å²) in [6.07, 6.45) is 3.18. The van der Waals surface area contributed by atoms with Crippen molar-refractivity contribution in [2.75, 3.05) is 11.4 Å². The minimum absolute atomic E-state index is 0.0465. The Labute approximate surface area is 105 Å². The maximum Gasteiger partial charge on any atom is 0.195 e. The molecule has 0 spiro atoms. The second-order valence-corrected chi connectivity index (χ2v) is 5.81. The van der Waals surface area contributed by atoms with E-state index < -0.39 is 0 Å². The maximum absolute atomic E-state index is 9.55. The minimum Gasteiger partial charge on any atom is -0.390 e. The summed E-state index contributed by atoms with van der Waals surface area (Å²) in [5, 5.41) is 11.6. The van der Waals surface area contributed by atoms with Gasteiger partial charge < -0.3 is 10.0 Å². The number of aromatic nitrogens is 2. The lowest BCUT2D eigenvalue weighted by Gasteiger charge is -2.22. The lowest BCUT2D eigenvalue weighted by molar-refractivity contribution is 0.276. The second-order valence-electron chi connectivity index (χ2n) is 4.94. The van der Waals surface area contributed by atoms with Gasteiger partial charge >= 0.3 is 0 Å². The molecular formula is C12H17N3OS. The van der Waals surface area contributed by atoms with Crippen LogP contribution in [0.25, 0.3) is 4.96 Å². The van der Waals surface area contributed by atoms with Crippen molar-refractivity contribution < 1.29 is 5.11 Å². The zero-order valence-corrected chi connectivity index (χ0v) is 10.9. The average molecular weight is 251 g/mol. The van der Waals surface area contributed by atoms with Crippen molar-refractivity contribution in [3.05, 3.63) is 17.3 Å². The quantitative estimate of drug-likeness (QED) is 0.889. The lowest BCUT2D eigenvalue weighted by atomic mass is 10.1. The number of anilines is 1. The Kier molecular flexibility index (Phi) is 2.60. The third kappa shape index (κ3) is 1.65. The molecule has 3 heterocycles. The highest BCUT2D eigenvalue weighted by atomic mass is 32.1. The van der Waals surface area contributed by atoms with Crippen LogP contribution in [0, 0.1) is 5.92 Å². The number of fused-ring (bicyclic) bond motifs is 1. The minimum atomic E-state index is 0.0465. The normalized spacial score (nSPS) is 25.0. The number of imidazole rings is 1. The molecule has 1 N–H and O–H groups in total. The van der Waals surface area contributed by atoms with Gasteiger partial charge in [0, 0.05) is 24.2 Å². The topological polar surface area (TPSA) is 40.8 Å². The zero-order valence-electron chi connectivity index (χ0n) is 10.1. The van der Waals surface area contributed by atoms with Gasteiger partial charge in [0.2, 0.25) is 0 Å². The molecule has 0 bridgehead atoms. The van der Waals surface area contributed by atoms with Gasteiger partial charge in [0.25, 0.3) is 0 Å². The molecule has 0 saturated carbocycles. The summed E-state index contributed by atoms with van der Waals surface area (Å²) in [7, 11) is 0. The van der Waals surface area contributed by atoms with Gasteiger partial charge in [-0.05, 0) is 19.3 Å². The van der Waals surface area contributed by atoms with Crippen LogP contribution in [-0.4, -0.2) is 27.1 Å². The van der Waals surface area contributed by atoms with Crippen molar-refractivity contribution >= 4 is 22.1 Å². The predicted molar refractivity (Wildman–Crippen MR) is 69.6 cm³/mol. The number of rotatable bonds is 2. The molecular weight excluding hydrogens is 234 g/mol. The van der Waals surface area contributed by atoms with E-state index in [1.807, 2.05) is 16.0 Å². The average Bonchev–Trinajstić information content (AvgIpc) is 2.91. The Hall–Kier alpha value is -1.07. The van der Waals surface area contributed by atoms with Crippen LogP contribution in [-0.2, 0) is 6.61 Å². The standard InChI is InChI=1S/C12H17N3OS/c1-8-5-9(2)15(6-8)11-10(7-16)14-3-4-17-12(14)13-11/h3-4,8-9,16H,5-7H2,1-2H3. The monoisotopic (exact) mass is 251 g/mol. The van der Waals surface area contributed by atoms with Gasteiger partial charge in [0.1, 0.15) is 0 Å². The summed E-state index contributed by atoms with van der Waals surface area (Å²) in [5.74, 6) is 1.67. The molecule has 2 aromatic heterocycles. The van der Waals surface area contributed by atoms with E-state index >= 15 is 0 Å². The Bertz CT molecular complexity index is 533. The van der Waals surface area contributed by atoms with Gasteiger partial charge in [-0.1, -0.05) is 6.92 Å². The number of aliphatic hydroxyl groups is 1. The van der Waals surface area contributed by atoms with E-state index in [1.165, 1.54) is 6.42 Å².